The zero-order valence-corrected chi connectivity index (χ0v) is 9.09. The molecule has 0 radical (unpaired) electrons. The molecular weight excluding hydrogens is 225 g/mol. The Kier molecular flexibility index (Phi) is 3.13. The van der Waals surface area contributed by atoms with Crippen LogP contribution in [-0.4, -0.2) is 4.98 Å². The van der Waals surface area contributed by atoms with Crippen LogP contribution in [0.4, 0.5) is 10.1 Å². The van der Waals surface area contributed by atoms with E-state index >= 15 is 0 Å². The van der Waals surface area contributed by atoms with Gasteiger partial charge in [-0.25, -0.2) is 9.37 Å². The van der Waals surface area contributed by atoms with E-state index in [2.05, 4.69) is 10.3 Å². The molecule has 1 heterocycles. The average Bonchev–Trinajstić information content (AvgIpc) is 2.80. The van der Waals surface area contributed by atoms with Gasteiger partial charge >= 0.3 is 0 Å². The lowest BCUT2D eigenvalue weighted by atomic mass is 10.2. The molecule has 0 atom stereocenters. The molecule has 0 amide bonds. The molecule has 0 aliphatic heterocycles. The first-order valence-corrected chi connectivity index (χ1v) is 5.49. The minimum Gasteiger partial charge on any atom is -0.377 e. The highest BCUT2D eigenvalue weighted by Crippen LogP contribution is 2.17. The highest BCUT2D eigenvalue weighted by atomic mass is 32.1. The molecular formula is C11H8FN3S. The molecule has 0 aliphatic carbocycles. The fraction of sp³-hybridized carbons (Fsp3) is 0.0909. The first kappa shape index (κ1) is 10.6. The van der Waals surface area contributed by atoms with Crippen molar-refractivity contribution in [3.05, 3.63) is 46.2 Å². The maximum Gasteiger partial charge on any atom is 0.124 e. The summed E-state index contributed by atoms with van der Waals surface area (Å²) in [6.45, 7) is 0.540. The lowest BCUT2D eigenvalue weighted by molar-refractivity contribution is 0.627. The normalized spacial score (nSPS) is 9.75. The molecule has 0 fully saturated rings. The van der Waals surface area contributed by atoms with E-state index in [1.54, 1.807) is 12.3 Å². The summed E-state index contributed by atoms with van der Waals surface area (Å²) in [7, 11) is 0. The average molecular weight is 233 g/mol. The van der Waals surface area contributed by atoms with Crippen LogP contribution in [0.2, 0.25) is 0 Å². The van der Waals surface area contributed by atoms with Crippen LogP contribution in [0, 0.1) is 17.1 Å². The Bertz CT molecular complexity index is 517. The smallest absolute Gasteiger partial charge is 0.124 e. The Morgan fingerprint density at radius 1 is 1.50 bits per heavy atom. The molecule has 0 spiro atoms. The third-order valence-electron chi connectivity index (χ3n) is 2.02. The highest BCUT2D eigenvalue weighted by molar-refractivity contribution is 7.09. The molecule has 3 nitrogen and oxygen atoms in total. The van der Waals surface area contributed by atoms with E-state index in [0.717, 1.165) is 5.01 Å². The molecule has 80 valence electrons. The summed E-state index contributed by atoms with van der Waals surface area (Å²) >= 11 is 1.53. The Balaban J connectivity index is 2.13. The van der Waals surface area contributed by atoms with Gasteiger partial charge in [0.05, 0.1) is 17.8 Å². The summed E-state index contributed by atoms with van der Waals surface area (Å²) in [4.78, 5) is 4.10. The summed E-state index contributed by atoms with van der Waals surface area (Å²) in [5.74, 6) is -0.406. The topological polar surface area (TPSA) is 48.7 Å². The zero-order chi connectivity index (χ0) is 11.4. The molecule has 1 N–H and O–H groups in total. The first-order valence-electron chi connectivity index (χ1n) is 4.61. The SMILES string of the molecule is N#Cc1cc(F)ccc1NCc1nccs1. The van der Waals surface area contributed by atoms with Crippen LogP contribution in [-0.2, 0) is 6.54 Å². The number of halogens is 1. The van der Waals surface area contributed by atoms with Gasteiger partial charge in [0.25, 0.3) is 0 Å². The van der Waals surface area contributed by atoms with Gasteiger partial charge in [0.2, 0.25) is 0 Å². The van der Waals surface area contributed by atoms with Crippen LogP contribution >= 0.6 is 11.3 Å². The van der Waals surface area contributed by atoms with E-state index in [1.165, 1.54) is 23.5 Å². The number of nitrogens with one attached hydrogen (secondary N) is 1. The van der Waals surface area contributed by atoms with E-state index in [9.17, 15) is 4.39 Å². The molecule has 2 aromatic rings. The molecule has 0 unspecified atom stereocenters. The molecule has 5 heteroatoms. The minimum absolute atomic E-state index is 0.302. The molecule has 0 aliphatic rings. The summed E-state index contributed by atoms with van der Waals surface area (Å²) < 4.78 is 12.9. The Hall–Kier alpha value is -1.93. The van der Waals surface area contributed by atoms with Gasteiger partial charge in [-0.05, 0) is 18.2 Å². The monoisotopic (exact) mass is 233 g/mol. The summed E-state index contributed by atoms with van der Waals surface area (Å²) in [5, 5.41) is 14.7. The van der Waals surface area contributed by atoms with Gasteiger partial charge in [-0.2, -0.15) is 5.26 Å². The van der Waals surface area contributed by atoms with Crippen molar-refractivity contribution in [3.63, 3.8) is 0 Å². The van der Waals surface area contributed by atoms with Gasteiger partial charge in [0.1, 0.15) is 16.9 Å². The predicted molar refractivity (Wildman–Crippen MR) is 60.6 cm³/mol. The number of nitriles is 1. The molecule has 0 saturated heterocycles. The summed E-state index contributed by atoms with van der Waals surface area (Å²) in [6, 6.07) is 6.04. The van der Waals surface area contributed by atoms with Crippen LogP contribution in [0.1, 0.15) is 10.6 Å². The Morgan fingerprint density at radius 3 is 3.06 bits per heavy atom. The molecule has 0 saturated carbocycles. The van der Waals surface area contributed by atoms with Crippen molar-refractivity contribution in [1.82, 2.24) is 4.98 Å². The van der Waals surface area contributed by atoms with E-state index in [4.69, 9.17) is 5.26 Å². The predicted octanol–water partition coefficient (Wildman–Crippen LogP) is 2.77. The van der Waals surface area contributed by atoms with E-state index < -0.39 is 5.82 Å². The zero-order valence-electron chi connectivity index (χ0n) is 8.27. The number of hydrogen-bond donors (Lipinski definition) is 1. The molecule has 0 bridgehead atoms. The third kappa shape index (κ3) is 2.35. The van der Waals surface area contributed by atoms with Gasteiger partial charge in [-0.15, -0.1) is 11.3 Å². The second-order valence-electron chi connectivity index (χ2n) is 3.08. The van der Waals surface area contributed by atoms with Crippen molar-refractivity contribution < 1.29 is 4.39 Å². The number of aromatic nitrogens is 1. The fourth-order valence-electron chi connectivity index (χ4n) is 1.27. The van der Waals surface area contributed by atoms with Crippen molar-refractivity contribution >= 4 is 17.0 Å². The lowest BCUT2D eigenvalue weighted by Gasteiger charge is -2.05. The van der Waals surface area contributed by atoms with Crippen molar-refractivity contribution in [2.45, 2.75) is 6.54 Å². The lowest BCUT2D eigenvalue weighted by Crippen LogP contribution is -2.01. The van der Waals surface area contributed by atoms with Crippen molar-refractivity contribution in [1.29, 1.82) is 5.26 Å². The van der Waals surface area contributed by atoms with Crippen molar-refractivity contribution in [2.75, 3.05) is 5.32 Å². The van der Waals surface area contributed by atoms with Crippen LogP contribution in [0.5, 0.6) is 0 Å². The fourth-order valence-corrected chi connectivity index (χ4v) is 1.83. The number of hydrogen-bond acceptors (Lipinski definition) is 4. The van der Waals surface area contributed by atoms with Crippen LogP contribution in [0.25, 0.3) is 0 Å². The highest BCUT2D eigenvalue weighted by Gasteiger charge is 2.03. The minimum atomic E-state index is -0.406. The Labute approximate surface area is 96.2 Å². The van der Waals surface area contributed by atoms with Crippen molar-refractivity contribution in [3.8, 4) is 6.07 Å². The maximum absolute atomic E-state index is 12.9. The summed E-state index contributed by atoms with van der Waals surface area (Å²) in [6.07, 6.45) is 1.72. The van der Waals surface area contributed by atoms with Crippen LogP contribution in [0.3, 0.4) is 0 Å². The first-order chi connectivity index (χ1) is 7.79. The molecule has 1 aromatic carbocycles. The van der Waals surface area contributed by atoms with E-state index in [0.29, 0.717) is 17.8 Å². The number of thiazole rings is 1. The maximum atomic E-state index is 12.9. The number of nitrogens with zero attached hydrogens (tertiary/aromatic N) is 2. The summed E-state index contributed by atoms with van der Waals surface area (Å²) in [5.41, 5.74) is 0.927. The number of anilines is 1. The second-order valence-corrected chi connectivity index (χ2v) is 4.06. The van der Waals surface area contributed by atoms with E-state index in [-0.39, 0.29) is 0 Å². The molecule has 1 aromatic heterocycles. The van der Waals surface area contributed by atoms with Gasteiger partial charge in [-0.1, -0.05) is 0 Å². The molecule has 2 rings (SSSR count). The molecule has 16 heavy (non-hydrogen) atoms. The van der Waals surface area contributed by atoms with Gasteiger partial charge < -0.3 is 5.32 Å². The second kappa shape index (κ2) is 4.73. The third-order valence-corrected chi connectivity index (χ3v) is 2.80. The van der Waals surface area contributed by atoms with Crippen LogP contribution in [0.15, 0.2) is 29.8 Å². The van der Waals surface area contributed by atoms with E-state index in [1.807, 2.05) is 11.4 Å². The van der Waals surface area contributed by atoms with Gasteiger partial charge in [-0.3, -0.25) is 0 Å². The Morgan fingerprint density at radius 2 is 2.38 bits per heavy atom. The van der Waals surface area contributed by atoms with Gasteiger partial charge in [0, 0.05) is 11.6 Å². The standard InChI is InChI=1S/C11H8FN3S/c12-9-1-2-10(8(5-9)6-13)15-7-11-14-3-4-16-11/h1-5,15H,7H2. The van der Waals surface area contributed by atoms with Gasteiger partial charge in [0.15, 0.2) is 0 Å². The number of benzene rings is 1. The van der Waals surface area contributed by atoms with Crippen LogP contribution < -0.4 is 5.32 Å². The quantitative estimate of drug-likeness (QED) is 0.886. The number of rotatable bonds is 3. The van der Waals surface area contributed by atoms with Crippen molar-refractivity contribution in [2.24, 2.45) is 0 Å². The largest absolute Gasteiger partial charge is 0.377 e.